The topological polar surface area (TPSA) is 85.0 Å². The second-order valence-electron chi connectivity index (χ2n) is 8.72. The van der Waals surface area contributed by atoms with Crippen molar-refractivity contribution in [2.24, 2.45) is 0 Å². The molecule has 0 aliphatic carbocycles. The molecule has 4 rings (SSSR count). The predicted octanol–water partition coefficient (Wildman–Crippen LogP) is 1.82. The lowest BCUT2D eigenvalue weighted by Crippen LogP contribution is -2.43. The molecule has 2 heterocycles. The van der Waals surface area contributed by atoms with Gasteiger partial charge in [-0.25, -0.2) is 0 Å². The van der Waals surface area contributed by atoms with E-state index in [-0.39, 0.29) is 37.1 Å². The summed E-state index contributed by atoms with van der Waals surface area (Å²) in [6.07, 6.45) is 0.136. The summed E-state index contributed by atoms with van der Waals surface area (Å²) in [5, 5.41) is 5.68. The number of amides is 3. The van der Waals surface area contributed by atoms with E-state index in [0.29, 0.717) is 17.9 Å². The van der Waals surface area contributed by atoms with Gasteiger partial charge in [0, 0.05) is 52.1 Å². The molecule has 2 aromatic carbocycles. The van der Waals surface area contributed by atoms with Crippen LogP contribution in [0.1, 0.15) is 24.0 Å². The van der Waals surface area contributed by atoms with Gasteiger partial charge in [-0.2, -0.15) is 0 Å². The minimum atomic E-state index is -0.235. The van der Waals surface area contributed by atoms with Crippen LogP contribution in [0.3, 0.4) is 0 Å². The molecule has 0 unspecified atom stereocenters. The Morgan fingerprint density at radius 2 is 1.73 bits per heavy atom. The molecule has 2 aliphatic heterocycles. The molecule has 174 valence electrons. The maximum atomic E-state index is 12.7. The van der Waals surface area contributed by atoms with E-state index in [1.165, 1.54) is 10.5 Å². The van der Waals surface area contributed by atoms with Crippen molar-refractivity contribution in [2.45, 2.75) is 25.9 Å². The first kappa shape index (κ1) is 22.9. The van der Waals surface area contributed by atoms with E-state index in [1.54, 1.807) is 18.2 Å². The van der Waals surface area contributed by atoms with E-state index in [0.717, 1.165) is 38.3 Å². The summed E-state index contributed by atoms with van der Waals surface area (Å²) in [5.41, 5.74) is 3.56. The van der Waals surface area contributed by atoms with Crippen LogP contribution in [0.15, 0.2) is 48.5 Å². The van der Waals surface area contributed by atoms with Gasteiger partial charge in [0.25, 0.3) is 0 Å². The number of nitrogens with one attached hydrogen (secondary N) is 2. The van der Waals surface area contributed by atoms with E-state index in [1.807, 2.05) is 18.2 Å². The van der Waals surface area contributed by atoms with E-state index in [9.17, 15) is 14.4 Å². The number of hydrogen-bond donors (Lipinski definition) is 2. The summed E-state index contributed by atoms with van der Waals surface area (Å²) < 4.78 is 0. The number of carbonyl (C=O) groups is 3. The maximum absolute atomic E-state index is 12.7. The molecule has 0 aromatic heterocycles. The standard InChI is InChI=1S/C25H31N5O3/c1-28-11-13-29(14-12-28)17-20-6-4-5-19(15-20)16-26-23(31)9-10-25(33)30-18-24(32)27-21-7-2-3-8-22(21)30/h2-8,15H,9-14,16-18H2,1H3,(H,26,31)(H,27,32). The van der Waals surface area contributed by atoms with Crippen LogP contribution in [-0.4, -0.2) is 67.3 Å². The van der Waals surface area contributed by atoms with E-state index in [2.05, 4.69) is 39.6 Å². The molecule has 0 radical (unpaired) electrons. The number of piperazine rings is 1. The number of benzene rings is 2. The van der Waals surface area contributed by atoms with Gasteiger partial charge >= 0.3 is 0 Å². The molecule has 0 spiro atoms. The Bertz CT molecular complexity index is 1020. The molecule has 33 heavy (non-hydrogen) atoms. The largest absolute Gasteiger partial charge is 0.352 e. The first-order valence-corrected chi connectivity index (χ1v) is 11.4. The first-order valence-electron chi connectivity index (χ1n) is 11.4. The number of fused-ring (bicyclic) bond motifs is 1. The molecule has 3 amide bonds. The average Bonchev–Trinajstić information content (AvgIpc) is 2.82. The first-order chi connectivity index (χ1) is 16.0. The number of nitrogens with zero attached hydrogens (tertiary/aromatic N) is 3. The van der Waals surface area contributed by atoms with Crippen LogP contribution < -0.4 is 15.5 Å². The minimum Gasteiger partial charge on any atom is -0.352 e. The van der Waals surface area contributed by atoms with Gasteiger partial charge < -0.3 is 20.4 Å². The predicted molar refractivity (Wildman–Crippen MR) is 128 cm³/mol. The average molecular weight is 450 g/mol. The number of hydrogen-bond acceptors (Lipinski definition) is 5. The number of likely N-dealkylation sites (N-methyl/N-ethyl adjacent to an activating group) is 1. The second-order valence-corrected chi connectivity index (χ2v) is 8.72. The Morgan fingerprint density at radius 1 is 0.970 bits per heavy atom. The van der Waals surface area contributed by atoms with Gasteiger partial charge in [-0.1, -0.05) is 36.4 Å². The fourth-order valence-corrected chi connectivity index (χ4v) is 4.20. The summed E-state index contributed by atoms with van der Waals surface area (Å²) in [6, 6.07) is 15.5. The van der Waals surface area contributed by atoms with Gasteiger partial charge in [0.1, 0.15) is 6.54 Å². The summed E-state index contributed by atoms with van der Waals surface area (Å²) in [7, 11) is 2.15. The highest BCUT2D eigenvalue weighted by atomic mass is 16.2. The van der Waals surface area contributed by atoms with Crippen molar-refractivity contribution >= 4 is 29.1 Å². The fourth-order valence-electron chi connectivity index (χ4n) is 4.20. The quantitative estimate of drug-likeness (QED) is 0.674. The van der Waals surface area contributed by atoms with Crippen molar-refractivity contribution in [1.82, 2.24) is 15.1 Å². The van der Waals surface area contributed by atoms with Crippen LogP contribution >= 0.6 is 0 Å². The molecule has 2 aliphatic rings. The monoisotopic (exact) mass is 449 g/mol. The van der Waals surface area contributed by atoms with Crippen LogP contribution in [-0.2, 0) is 27.5 Å². The van der Waals surface area contributed by atoms with Gasteiger partial charge in [0.05, 0.1) is 11.4 Å². The molecule has 2 aromatic rings. The third kappa shape index (κ3) is 6.18. The van der Waals surface area contributed by atoms with Crippen LogP contribution in [0.4, 0.5) is 11.4 Å². The van der Waals surface area contributed by atoms with Crippen molar-refractivity contribution in [3.05, 3.63) is 59.7 Å². The Kier molecular flexibility index (Phi) is 7.36. The van der Waals surface area contributed by atoms with Crippen molar-refractivity contribution in [1.29, 1.82) is 0 Å². The third-order valence-corrected chi connectivity index (χ3v) is 6.12. The molecule has 1 saturated heterocycles. The Labute approximate surface area is 194 Å². The van der Waals surface area contributed by atoms with Crippen molar-refractivity contribution in [3.8, 4) is 0 Å². The van der Waals surface area contributed by atoms with E-state index >= 15 is 0 Å². The lowest BCUT2D eigenvalue weighted by molar-refractivity contribution is -0.125. The smallest absolute Gasteiger partial charge is 0.244 e. The fraction of sp³-hybridized carbons (Fsp3) is 0.400. The molecule has 8 nitrogen and oxygen atoms in total. The molecule has 0 atom stereocenters. The highest BCUT2D eigenvalue weighted by molar-refractivity contribution is 6.10. The molecule has 0 bridgehead atoms. The SMILES string of the molecule is CN1CCN(Cc2cccc(CNC(=O)CCC(=O)N3CC(=O)Nc4ccccc43)c2)CC1. The van der Waals surface area contributed by atoms with Gasteiger partial charge in [0.2, 0.25) is 17.7 Å². The van der Waals surface area contributed by atoms with Crippen LogP contribution in [0, 0.1) is 0 Å². The number of para-hydroxylation sites is 2. The van der Waals surface area contributed by atoms with Crippen LogP contribution in [0.5, 0.6) is 0 Å². The highest BCUT2D eigenvalue weighted by Gasteiger charge is 2.26. The lowest BCUT2D eigenvalue weighted by atomic mass is 10.1. The van der Waals surface area contributed by atoms with Crippen molar-refractivity contribution < 1.29 is 14.4 Å². The lowest BCUT2D eigenvalue weighted by Gasteiger charge is -2.32. The summed E-state index contributed by atoms with van der Waals surface area (Å²) in [5.74, 6) is -0.646. The van der Waals surface area contributed by atoms with Crippen LogP contribution in [0.25, 0.3) is 0 Å². The summed E-state index contributed by atoms with van der Waals surface area (Å²) in [6.45, 7) is 5.61. The number of rotatable bonds is 7. The zero-order valence-electron chi connectivity index (χ0n) is 19.0. The van der Waals surface area contributed by atoms with Crippen molar-refractivity contribution in [3.63, 3.8) is 0 Å². The number of carbonyl (C=O) groups excluding carboxylic acids is 3. The highest BCUT2D eigenvalue weighted by Crippen LogP contribution is 2.29. The van der Waals surface area contributed by atoms with Crippen LogP contribution in [0.2, 0.25) is 0 Å². The van der Waals surface area contributed by atoms with Gasteiger partial charge in [-0.15, -0.1) is 0 Å². The zero-order chi connectivity index (χ0) is 23.2. The van der Waals surface area contributed by atoms with Crippen molar-refractivity contribution in [2.75, 3.05) is 50.0 Å². The van der Waals surface area contributed by atoms with Gasteiger partial charge in [0.15, 0.2) is 0 Å². The van der Waals surface area contributed by atoms with E-state index < -0.39 is 0 Å². The Morgan fingerprint density at radius 3 is 2.55 bits per heavy atom. The molecular formula is C25H31N5O3. The Balaban J connectivity index is 1.25. The molecule has 2 N–H and O–H groups in total. The van der Waals surface area contributed by atoms with Gasteiger partial charge in [-0.05, 0) is 30.3 Å². The summed E-state index contributed by atoms with van der Waals surface area (Å²) in [4.78, 5) is 43.2. The Hall–Kier alpha value is -3.23. The maximum Gasteiger partial charge on any atom is 0.244 e. The van der Waals surface area contributed by atoms with Gasteiger partial charge in [-0.3, -0.25) is 19.3 Å². The van der Waals surface area contributed by atoms with E-state index in [4.69, 9.17) is 0 Å². The summed E-state index contributed by atoms with van der Waals surface area (Å²) >= 11 is 0. The second kappa shape index (κ2) is 10.6. The molecule has 1 fully saturated rings. The minimum absolute atomic E-state index is 0.0302. The molecular weight excluding hydrogens is 418 g/mol. The normalized spacial score (nSPS) is 16.8. The molecule has 0 saturated carbocycles. The zero-order valence-corrected chi connectivity index (χ0v) is 19.0. The third-order valence-electron chi connectivity index (χ3n) is 6.12. The number of anilines is 2. The molecule has 8 heteroatoms.